The lowest BCUT2D eigenvalue weighted by atomic mass is 10.1. The van der Waals surface area contributed by atoms with Crippen LogP contribution in [0.1, 0.15) is 22.7 Å². The van der Waals surface area contributed by atoms with Crippen LogP contribution in [-0.4, -0.2) is 12.1 Å². The van der Waals surface area contributed by atoms with Crippen molar-refractivity contribution in [3.63, 3.8) is 0 Å². The Hall–Kier alpha value is -3.33. The van der Waals surface area contributed by atoms with Crippen molar-refractivity contribution >= 4 is 5.88 Å². The molecular formula is C19H16FN3O2. The van der Waals surface area contributed by atoms with E-state index in [0.29, 0.717) is 24.7 Å². The van der Waals surface area contributed by atoms with Gasteiger partial charge in [-0.15, -0.1) is 0 Å². The third-order valence-electron chi connectivity index (χ3n) is 3.66. The molecule has 1 aromatic heterocycles. The minimum atomic E-state index is -0.289. The maximum absolute atomic E-state index is 12.9. The Labute approximate surface area is 144 Å². The molecule has 126 valence electrons. The van der Waals surface area contributed by atoms with Crippen LogP contribution in [0.5, 0.6) is 5.75 Å². The zero-order valence-corrected chi connectivity index (χ0v) is 13.6. The van der Waals surface area contributed by atoms with E-state index in [1.165, 1.54) is 12.1 Å². The Morgan fingerprint density at radius 2 is 1.80 bits per heavy atom. The van der Waals surface area contributed by atoms with Crippen molar-refractivity contribution in [2.45, 2.75) is 13.0 Å². The monoisotopic (exact) mass is 337 g/mol. The van der Waals surface area contributed by atoms with Crippen molar-refractivity contribution in [2.24, 2.45) is 0 Å². The standard InChI is InChI=1S/C19H16FN3O2/c1-24-16-8-4-13(5-9-16)10-18-23-17(11-21)19(25-18)22-12-14-2-6-15(20)7-3-14/h2-9,22H,10,12H2,1H3. The predicted octanol–water partition coefficient (Wildman–Crippen LogP) is 3.90. The van der Waals surface area contributed by atoms with Crippen molar-refractivity contribution < 1.29 is 13.5 Å². The molecule has 3 rings (SSSR count). The molecule has 3 aromatic rings. The lowest BCUT2D eigenvalue weighted by molar-refractivity contribution is 0.414. The first-order chi connectivity index (χ1) is 12.2. The molecule has 0 aliphatic heterocycles. The molecule has 5 nitrogen and oxygen atoms in total. The van der Waals surface area contributed by atoms with Gasteiger partial charge in [0.2, 0.25) is 17.5 Å². The van der Waals surface area contributed by atoms with Crippen LogP contribution < -0.4 is 10.1 Å². The molecule has 0 atom stereocenters. The fourth-order valence-corrected chi connectivity index (χ4v) is 2.34. The molecule has 0 spiro atoms. The molecule has 6 heteroatoms. The van der Waals surface area contributed by atoms with Gasteiger partial charge in [-0.25, -0.2) is 9.37 Å². The number of ether oxygens (including phenoxy) is 1. The molecule has 0 amide bonds. The lowest BCUT2D eigenvalue weighted by Gasteiger charge is -2.03. The highest BCUT2D eigenvalue weighted by Gasteiger charge is 2.13. The van der Waals surface area contributed by atoms with Gasteiger partial charge in [-0.1, -0.05) is 24.3 Å². The number of nitrogens with zero attached hydrogens (tertiary/aromatic N) is 2. The summed E-state index contributed by atoms with van der Waals surface area (Å²) < 4.78 is 23.7. The van der Waals surface area contributed by atoms with Crippen LogP contribution in [-0.2, 0) is 13.0 Å². The van der Waals surface area contributed by atoms with Gasteiger partial charge in [0.15, 0.2) is 0 Å². The van der Waals surface area contributed by atoms with Crippen molar-refractivity contribution in [1.29, 1.82) is 5.26 Å². The molecule has 0 aliphatic carbocycles. The molecule has 0 fully saturated rings. The average molecular weight is 337 g/mol. The van der Waals surface area contributed by atoms with E-state index in [9.17, 15) is 9.65 Å². The largest absolute Gasteiger partial charge is 0.497 e. The summed E-state index contributed by atoms with van der Waals surface area (Å²) in [5, 5.41) is 12.3. The molecule has 1 N–H and O–H groups in total. The van der Waals surface area contributed by atoms with Gasteiger partial charge in [-0.2, -0.15) is 5.26 Å². The van der Waals surface area contributed by atoms with Gasteiger partial charge in [0.05, 0.1) is 7.11 Å². The second kappa shape index (κ2) is 7.49. The Kier molecular flexibility index (Phi) is 4.95. The van der Waals surface area contributed by atoms with Crippen LogP contribution >= 0.6 is 0 Å². The van der Waals surface area contributed by atoms with Gasteiger partial charge >= 0.3 is 0 Å². The highest BCUT2D eigenvalue weighted by atomic mass is 19.1. The van der Waals surface area contributed by atoms with Crippen LogP contribution in [0.2, 0.25) is 0 Å². The van der Waals surface area contributed by atoms with E-state index in [1.807, 2.05) is 30.3 Å². The number of oxazole rings is 1. The van der Waals surface area contributed by atoms with Crippen LogP contribution in [0.3, 0.4) is 0 Å². The molecular weight excluding hydrogens is 321 g/mol. The van der Waals surface area contributed by atoms with Gasteiger partial charge in [0.1, 0.15) is 17.6 Å². The minimum Gasteiger partial charge on any atom is -0.497 e. The van der Waals surface area contributed by atoms with E-state index in [-0.39, 0.29) is 11.5 Å². The molecule has 0 bridgehead atoms. The number of hydrogen-bond acceptors (Lipinski definition) is 5. The number of anilines is 1. The second-order valence-corrected chi connectivity index (χ2v) is 5.40. The SMILES string of the molecule is COc1ccc(Cc2nc(C#N)c(NCc3ccc(F)cc3)o2)cc1. The molecule has 25 heavy (non-hydrogen) atoms. The summed E-state index contributed by atoms with van der Waals surface area (Å²) in [4.78, 5) is 4.21. The predicted molar refractivity (Wildman–Crippen MR) is 90.7 cm³/mol. The molecule has 0 saturated carbocycles. The van der Waals surface area contributed by atoms with Crippen molar-refractivity contribution in [2.75, 3.05) is 12.4 Å². The fourth-order valence-electron chi connectivity index (χ4n) is 2.34. The van der Waals surface area contributed by atoms with Crippen LogP contribution in [0, 0.1) is 17.1 Å². The second-order valence-electron chi connectivity index (χ2n) is 5.40. The number of benzene rings is 2. The summed E-state index contributed by atoms with van der Waals surface area (Å²) in [5.41, 5.74) is 2.07. The number of nitriles is 1. The van der Waals surface area contributed by atoms with Crippen LogP contribution in [0.15, 0.2) is 52.9 Å². The van der Waals surface area contributed by atoms with Gasteiger partial charge < -0.3 is 14.5 Å². The first kappa shape index (κ1) is 16.5. The quantitative estimate of drug-likeness (QED) is 0.739. The van der Waals surface area contributed by atoms with Gasteiger partial charge in [-0.3, -0.25) is 0 Å². The zero-order chi connectivity index (χ0) is 17.6. The molecule has 1 heterocycles. The van der Waals surface area contributed by atoms with E-state index in [4.69, 9.17) is 9.15 Å². The summed E-state index contributed by atoms with van der Waals surface area (Å²) in [6.45, 7) is 0.409. The lowest BCUT2D eigenvalue weighted by Crippen LogP contribution is -1.99. The van der Waals surface area contributed by atoms with Crippen LogP contribution in [0.4, 0.5) is 10.3 Å². The summed E-state index contributed by atoms with van der Waals surface area (Å²) in [6.07, 6.45) is 0.469. The highest BCUT2D eigenvalue weighted by Crippen LogP contribution is 2.21. The van der Waals surface area contributed by atoms with Gasteiger partial charge in [-0.05, 0) is 35.4 Å². The van der Waals surface area contributed by atoms with Crippen LogP contribution in [0.25, 0.3) is 0 Å². The number of halogens is 1. The minimum absolute atomic E-state index is 0.200. The molecule has 0 aliphatic rings. The maximum Gasteiger partial charge on any atom is 0.232 e. The van der Waals surface area contributed by atoms with Crippen molar-refractivity contribution in [3.05, 3.63) is 77.1 Å². The topological polar surface area (TPSA) is 71.1 Å². The van der Waals surface area contributed by atoms with Crippen molar-refractivity contribution in [3.8, 4) is 11.8 Å². The Morgan fingerprint density at radius 3 is 2.44 bits per heavy atom. The Balaban J connectivity index is 1.70. The van der Waals surface area contributed by atoms with E-state index >= 15 is 0 Å². The molecule has 0 saturated heterocycles. The third-order valence-corrected chi connectivity index (χ3v) is 3.66. The molecule has 0 radical (unpaired) electrons. The zero-order valence-electron chi connectivity index (χ0n) is 13.6. The summed E-state index contributed by atoms with van der Waals surface area (Å²) in [5.74, 6) is 1.25. The van der Waals surface area contributed by atoms with E-state index in [2.05, 4.69) is 10.3 Å². The summed E-state index contributed by atoms with van der Waals surface area (Å²) >= 11 is 0. The number of rotatable bonds is 6. The first-order valence-electron chi connectivity index (χ1n) is 7.69. The smallest absolute Gasteiger partial charge is 0.232 e. The normalized spacial score (nSPS) is 10.3. The third kappa shape index (κ3) is 4.15. The number of aromatic nitrogens is 1. The number of hydrogen-bond donors (Lipinski definition) is 1. The number of methoxy groups -OCH3 is 1. The first-order valence-corrected chi connectivity index (χ1v) is 7.69. The Bertz CT molecular complexity index is 881. The van der Waals surface area contributed by atoms with Gasteiger partial charge in [0.25, 0.3) is 0 Å². The maximum atomic E-state index is 12.9. The summed E-state index contributed by atoms with van der Waals surface area (Å²) in [7, 11) is 1.61. The van der Waals surface area contributed by atoms with Crippen molar-refractivity contribution in [1.82, 2.24) is 4.98 Å². The average Bonchev–Trinajstić information content (AvgIpc) is 3.03. The number of nitrogens with one attached hydrogen (secondary N) is 1. The highest BCUT2D eigenvalue weighted by molar-refractivity contribution is 5.46. The van der Waals surface area contributed by atoms with E-state index < -0.39 is 0 Å². The van der Waals surface area contributed by atoms with E-state index in [1.54, 1.807) is 19.2 Å². The summed E-state index contributed by atoms with van der Waals surface area (Å²) in [6, 6.07) is 15.7. The molecule has 0 unspecified atom stereocenters. The molecule has 2 aromatic carbocycles. The Morgan fingerprint density at radius 1 is 1.12 bits per heavy atom. The fraction of sp³-hybridized carbons (Fsp3) is 0.158. The van der Waals surface area contributed by atoms with E-state index in [0.717, 1.165) is 16.9 Å². The van der Waals surface area contributed by atoms with Gasteiger partial charge in [0, 0.05) is 13.0 Å².